The lowest BCUT2D eigenvalue weighted by atomic mass is 10.1. The summed E-state index contributed by atoms with van der Waals surface area (Å²) in [6.45, 7) is 0. The fourth-order valence-electron chi connectivity index (χ4n) is 1.50. The highest BCUT2D eigenvalue weighted by Gasteiger charge is 2.15. The molecule has 19 heavy (non-hydrogen) atoms. The molecule has 0 aliphatic heterocycles. The van der Waals surface area contributed by atoms with Crippen LogP contribution in [0.15, 0.2) is 36.4 Å². The van der Waals surface area contributed by atoms with Gasteiger partial charge in [0, 0.05) is 16.4 Å². The molecule has 0 fully saturated rings. The molecule has 0 aromatic heterocycles. The molecule has 2 aromatic carbocycles. The van der Waals surface area contributed by atoms with Crippen molar-refractivity contribution in [3.63, 3.8) is 0 Å². The zero-order valence-electron chi connectivity index (χ0n) is 9.65. The molecule has 98 valence electrons. The molecule has 0 heterocycles. The van der Waals surface area contributed by atoms with Crippen molar-refractivity contribution < 1.29 is 9.90 Å². The molecule has 0 aliphatic carbocycles. The molecule has 0 radical (unpaired) electrons. The molecule has 4 nitrogen and oxygen atoms in total. The SMILES string of the molecule is Nc1ccc(NC(=O)c2cc(Cl)cc(Cl)c2O)cc1. The number of benzene rings is 2. The Labute approximate surface area is 119 Å². The van der Waals surface area contributed by atoms with Gasteiger partial charge in [0.2, 0.25) is 0 Å². The van der Waals surface area contributed by atoms with E-state index in [0.29, 0.717) is 11.4 Å². The van der Waals surface area contributed by atoms with Crippen LogP contribution in [0, 0.1) is 0 Å². The summed E-state index contributed by atoms with van der Waals surface area (Å²) in [5.74, 6) is -0.814. The van der Waals surface area contributed by atoms with Gasteiger partial charge in [-0.2, -0.15) is 0 Å². The van der Waals surface area contributed by atoms with Crippen LogP contribution >= 0.6 is 23.2 Å². The molecule has 2 aromatic rings. The fraction of sp³-hybridized carbons (Fsp3) is 0. The number of carbonyl (C=O) groups excluding carboxylic acids is 1. The Morgan fingerprint density at radius 2 is 1.79 bits per heavy atom. The number of nitrogen functional groups attached to an aromatic ring is 1. The van der Waals surface area contributed by atoms with Gasteiger partial charge in [-0.05, 0) is 36.4 Å². The van der Waals surface area contributed by atoms with Crippen LogP contribution in [-0.4, -0.2) is 11.0 Å². The fourth-order valence-corrected chi connectivity index (χ4v) is 2.00. The van der Waals surface area contributed by atoms with E-state index in [4.69, 9.17) is 28.9 Å². The number of hydrogen-bond acceptors (Lipinski definition) is 3. The van der Waals surface area contributed by atoms with Gasteiger partial charge in [0.1, 0.15) is 5.75 Å². The highest BCUT2D eigenvalue weighted by molar-refractivity contribution is 6.36. The molecule has 0 spiro atoms. The number of anilines is 2. The van der Waals surface area contributed by atoms with Gasteiger partial charge in [-0.3, -0.25) is 4.79 Å². The lowest BCUT2D eigenvalue weighted by Gasteiger charge is -2.08. The van der Waals surface area contributed by atoms with E-state index in [-0.39, 0.29) is 21.4 Å². The van der Waals surface area contributed by atoms with Crippen LogP contribution in [0.5, 0.6) is 5.75 Å². The van der Waals surface area contributed by atoms with Gasteiger partial charge < -0.3 is 16.2 Å². The molecule has 0 aliphatic rings. The number of phenolic OH excluding ortho intramolecular Hbond substituents is 1. The summed E-state index contributed by atoms with van der Waals surface area (Å²) in [5.41, 5.74) is 6.69. The number of carbonyl (C=O) groups is 1. The first-order chi connectivity index (χ1) is 8.97. The molecule has 2 rings (SSSR count). The predicted octanol–water partition coefficient (Wildman–Crippen LogP) is 3.53. The number of hydrogen-bond donors (Lipinski definition) is 3. The topological polar surface area (TPSA) is 75.3 Å². The molecule has 1 amide bonds. The first-order valence-corrected chi connectivity index (χ1v) is 6.08. The van der Waals surface area contributed by atoms with Crippen LogP contribution in [0.4, 0.5) is 11.4 Å². The first-order valence-electron chi connectivity index (χ1n) is 5.32. The summed E-state index contributed by atoms with van der Waals surface area (Å²) < 4.78 is 0. The minimum atomic E-state index is -0.508. The van der Waals surface area contributed by atoms with E-state index in [2.05, 4.69) is 5.32 Å². The summed E-state index contributed by atoms with van der Waals surface area (Å²) in [4.78, 5) is 12.0. The van der Waals surface area contributed by atoms with E-state index in [1.54, 1.807) is 24.3 Å². The predicted molar refractivity (Wildman–Crippen MR) is 76.9 cm³/mol. The summed E-state index contributed by atoms with van der Waals surface area (Å²) >= 11 is 11.6. The Kier molecular flexibility index (Phi) is 3.83. The lowest BCUT2D eigenvalue weighted by Crippen LogP contribution is -2.12. The number of halogens is 2. The van der Waals surface area contributed by atoms with E-state index in [0.717, 1.165) is 0 Å². The summed E-state index contributed by atoms with van der Waals surface area (Å²) in [5, 5.41) is 12.6. The van der Waals surface area contributed by atoms with Gasteiger partial charge in [-0.15, -0.1) is 0 Å². The van der Waals surface area contributed by atoms with Crippen molar-refractivity contribution in [1.29, 1.82) is 0 Å². The maximum atomic E-state index is 12.0. The molecule has 6 heteroatoms. The normalized spacial score (nSPS) is 10.2. The van der Waals surface area contributed by atoms with Crippen molar-refractivity contribution in [2.24, 2.45) is 0 Å². The van der Waals surface area contributed by atoms with Gasteiger partial charge in [-0.25, -0.2) is 0 Å². The minimum absolute atomic E-state index is 0.00863. The maximum absolute atomic E-state index is 12.0. The number of rotatable bonds is 2. The molecule has 0 unspecified atom stereocenters. The standard InChI is InChI=1S/C13H10Cl2N2O2/c14-7-5-10(12(18)11(15)6-7)13(19)17-9-3-1-8(16)2-4-9/h1-6,18H,16H2,(H,17,19). The monoisotopic (exact) mass is 296 g/mol. The van der Waals surface area contributed by atoms with Crippen LogP contribution < -0.4 is 11.1 Å². The third kappa shape index (κ3) is 3.10. The van der Waals surface area contributed by atoms with Crippen molar-refractivity contribution >= 4 is 40.5 Å². The van der Waals surface area contributed by atoms with Crippen LogP contribution in [0.1, 0.15) is 10.4 Å². The highest BCUT2D eigenvalue weighted by Crippen LogP contribution is 2.31. The Bertz CT molecular complexity index is 627. The molecule has 4 N–H and O–H groups in total. The summed E-state index contributed by atoms with van der Waals surface area (Å²) in [6, 6.07) is 9.31. The van der Waals surface area contributed by atoms with Gasteiger partial charge in [0.15, 0.2) is 0 Å². The summed E-state index contributed by atoms with van der Waals surface area (Å²) in [6.07, 6.45) is 0. The van der Waals surface area contributed by atoms with Crippen molar-refractivity contribution in [3.8, 4) is 5.75 Å². The Morgan fingerprint density at radius 3 is 2.42 bits per heavy atom. The second-order valence-corrected chi connectivity index (χ2v) is 4.70. The number of nitrogens with two attached hydrogens (primary N) is 1. The average molecular weight is 297 g/mol. The van der Waals surface area contributed by atoms with Gasteiger partial charge >= 0.3 is 0 Å². The highest BCUT2D eigenvalue weighted by atomic mass is 35.5. The molecular formula is C13H10Cl2N2O2. The Balaban J connectivity index is 2.27. The third-order valence-electron chi connectivity index (χ3n) is 2.44. The second kappa shape index (κ2) is 5.38. The zero-order chi connectivity index (χ0) is 14.0. The van der Waals surface area contributed by atoms with Gasteiger partial charge in [0.25, 0.3) is 5.91 Å². The number of amides is 1. The summed E-state index contributed by atoms with van der Waals surface area (Å²) in [7, 11) is 0. The molecule has 0 atom stereocenters. The lowest BCUT2D eigenvalue weighted by molar-refractivity contribution is 0.102. The molecule has 0 saturated carbocycles. The maximum Gasteiger partial charge on any atom is 0.259 e. The van der Waals surface area contributed by atoms with Crippen molar-refractivity contribution in [2.45, 2.75) is 0 Å². The molecular weight excluding hydrogens is 287 g/mol. The van der Waals surface area contributed by atoms with E-state index < -0.39 is 5.91 Å². The quantitative estimate of drug-likeness (QED) is 0.742. The van der Waals surface area contributed by atoms with Crippen LogP contribution in [-0.2, 0) is 0 Å². The number of nitrogens with one attached hydrogen (secondary N) is 1. The second-order valence-electron chi connectivity index (χ2n) is 3.86. The van der Waals surface area contributed by atoms with E-state index >= 15 is 0 Å². The van der Waals surface area contributed by atoms with E-state index in [1.165, 1.54) is 12.1 Å². The first kappa shape index (κ1) is 13.5. The van der Waals surface area contributed by atoms with Crippen molar-refractivity contribution in [1.82, 2.24) is 0 Å². The third-order valence-corrected chi connectivity index (χ3v) is 2.95. The van der Waals surface area contributed by atoms with Crippen LogP contribution in [0.25, 0.3) is 0 Å². The largest absolute Gasteiger partial charge is 0.506 e. The zero-order valence-corrected chi connectivity index (χ0v) is 11.2. The van der Waals surface area contributed by atoms with E-state index in [9.17, 15) is 9.90 Å². The number of phenols is 1. The smallest absolute Gasteiger partial charge is 0.259 e. The van der Waals surface area contributed by atoms with E-state index in [1.807, 2.05) is 0 Å². The minimum Gasteiger partial charge on any atom is -0.506 e. The van der Waals surface area contributed by atoms with Crippen molar-refractivity contribution in [2.75, 3.05) is 11.1 Å². The average Bonchev–Trinajstić information content (AvgIpc) is 2.36. The van der Waals surface area contributed by atoms with Gasteiger partial charge in [0.05, 0.1) is 10.6 Å². The van der Waals surface area contributed by atoms with Crippen LogP contribution in [0.2, 0.25) is 10.0 Å². The Morgan fingerprint density at radius 1 is 1.16 bits per heavy atom. The van der Waals surface area contributed by atoms with Crippen LogP contribution in [0.3, 0.4) is 0 Å². The molecule has 0 saturated heterocycles. The number of aromatic hydroxyl groups is 1. The van der Waals surface area contributed by atoms with Gasteiger partial charge in [-0.1, -0.05) is 23.2 Å². The Hall–Kier alpha value is -1.91. The molecule has 0 bridgehead atoms. The van der Waals surface area contributed by atoms with Crippen molar-refractivity contribution in [3.05, 3.63) is 52.0 Å².